The molecule has 2 heteroatoms. The zero-order valence-electron chi connectivity index (χ0n) is 5.22. The van der Waals surface area contributed by atoms with E-state index in [4.69, 9.17) is 5.11 Å². The van der Waals surface area contributed by atoms with E-state index >= 15 is 0 Å². The van der Waals surface area contributed by atoms with Crippen LogP contribution in [0.15, 0.2) is 0 Å². The molecule has 2 N–H and O–H groups in total. The second kappa shape index (κ2) is 2.46. The van der Waals surface area contributed by atoms with E-state index in [9.17, 15) is 0 Å². The number of aliphatic hydroxyl groups is 1. The van der Waals surface area contributed by atoms with Gasteiger partial charge in [-0.1, -0.05) is 0 Å². The van der Waals surface area contributed by atoms with Crippen LogP contribution >= 0.6 is 0 Å². The molecule has 1 rings (SSSR count). The first-order valence-electron chi connectivity index (χ1n) is 3.15. The maximum absolute atomic E-state index is 8.57. The average molecular weight is 115 g/mol. The summed E-state index contributed by atoms with van der Waals surface area (Å²) in [6, 6.07) is 0.687. The molecule has 1 fully saturated rings. The fourth-order valence-electron chi connectivity index (χ4n) is 1.12. The summed E-state index contributed by atoms with van der Waals surface area (Å²) in [7, 11) is 1.97. The van der Waals surface area contributed by atoms with Gasteiger partial charge in [-0.25, -0.2) is 0 Å². The molecule has 0 saturated heterocycles. The maximum Gasteiger partial charge on any atom is 0.0460 e. The summed E-state index contributed by atoms with van der Waals surface area (Å²) in [5.74, 6) is 0.590. The third-order valence-electron chi connectivity index (χ3n) is 1.90. The van der Waals surface area contributed by atoms with Crippen molar-refractivity contribution in [3.63, 3.8) is 0 Å². The lowest BCUT2D eigenvalue weighted by Gasteiger charge is -2.33. The molecule has 0 heterocycles. The van der Waals surface area contributed by atoms with Gasteiger partial charge in [-0.15, -0.1) is 0 Å². The van der Waals surface area contributed by atoms with E-state index in [1.165, 1.54) is 0 Å². The lowest BCUT2D eigenvalue weighted by atomic mass is 9.81. The molecule has 1 aliphatic rings. The highest BCUT2D eigenvalue weighted by Gasteiger charge is 2.26. The molecule has 1 aliphatic carbocycles. The molecule has 0 atom stereocenters. The van der Waals surface area contributed by atoms with Gasteiger partial charge in [0.15, 0.2) is 0 Å². The fraction of sp³-hybridized carbons (Fsp3) is 1.00. The van der Waals surface area contributed by atoms with Gasteiger partial charge >= 0.3 is 0 Å². The highest BCUT2D eigenvalue weighted by atomic mass is 16.3. The Morgan fingerprint density at radius 2 is 2.25 bits per heavy atom. The van der Waals surface area contributed by atoms with Crippen molar-refractivity contribution in [1.82, 2.24) is 5.32 Å². The smallest absolute Gasteiger partial charge is 0.0460 e. The number of rotatable bonds is 2. The number of hydrogen-bond donors (Lipinski definition) is 2. The van der Waals surface area contributed by atoms with Gasteiger partial charge in [0.2, 0.25) is 0 Å². The highest BCUT2D eigenvalue weighted by molar-refractivity contribution is 4.82. The van der Waals surface area contributed by atoms with Crippen molar-refractivity contribution >= 4 is 0 Å². The normalized spacial score (nSPS) is 36.8. The molecule has 0 aromatic heterocycles. The Morgan fingerprint density at radius 1 is 1.62 bits per heavy atom. The predicted octanol–water partition coefficient (Wildman–Crippen LogP) is -0.0233. The van der Waals surface area contributed by atoms with Gasteiger partial charge in [0, 0.05) is 12.6 Å². The van der Waals surface area contributed by atoms with E-state index in [1.807, 2.05) is 7.05 Å². The summed E-state index contributed by atoms with van der Waals surface area (Å²) < 4.78 is 0. The Balaban J connectivity index is 2.03. The second-order valence-electron chi connectivity index (χ2n) is 2.51. The molecular formula is C6H13NO. The molecule has 0 aromatic rings. The summed E-state index contributed by atoms with van der Waals surface area (Å²) in [5.41, 5.74) is 0. The number of nitrogens with one attached hydrogen (secondary N) is 1. The first-order chi connectivity index (χ1) is 3.86. The van der Waals surface area contributed by atoms with Gasteiger partial charge in [0.05, 0.1) is 0 Å². The molecule has 0 aliphatic heterocycles. The maximum atomic E-state index is 8.57. The van der Waals surface area contributed by atoms with E-state index in [-0.39, 0.29) is 0 Å². The minimum Gasteiger partial charge on any atom is -0.396 e. The summed E-state index contributed by atoms with van der Waals surface area (Å²) in [4.78, 5) is 0. The van der Waals surface area contributed by atoms with Crippen LogP contribution in [0.1, 0.15) is 12.8 Å². The first kappa shape index (κ1) is 6.05. The second-order valence-corrected chi connectivity index (χ2v) is 2.51. The minimum absolute atomic E-state index is 0.373. The molecule has 2 nitrogen and oxygen atoms in total. The van der Waals surface area contributed by atoms with Gasteiger partial charge in [-0.3, -0.25) is 0 Å². The molecule has 0 radical (unpaired) electrons. The summed E-state index contributed by atoms with van der Waals surface area (Å²) in [6.45, 7) is 0.373. The van der Waals surface area contributed by atoms with Crippen LogP contribution in [-0.2, 0) is 0 Å². The Kier molecular flexibility index (Phi) is 1.86. The predicted molar refractivity (Wildman–Crippen MR) is 32.7 cm³/mol. The minimum atomic E-state index is 0.373. The largest absolute Gasteiger partial charge is 0.396 e. The topological polar surface area (TPSA) is 32.3 Å². The standard InChI is InChI=1S/C6H13NO/c1-7-6-2-5(3-6)4-8/h5-8H,2-4H2,1H3/t5-,6+. The quantitative estimate of drug-likeness (QED) is 0.530. The van der Waals surface area contributed by atoms with Crippen molar-refractivity contribution in [3.8, 4) is 0 Å². The van der Waals surface area contributed by atoms with Crippen LogP contribution in [0.5, 0.6) is 0 Å². The molecule has 0 spiro atoms. The van der Waals surface area contributed by atoms with Gasteiger partial charge in [0.25, 0.3) is 0 Å². The van der Waals surface area contributed by atoms with Gasteiger partial charge in [-0.2, -0.15) is 0 Å². The van der Waals surface area contributed by atoms with Crippen LogP contribution in [-0.4, -0.2) is 24.8 Å². The van der Waals surface area contributed by atoms with Gasteiger partial charge < -0.3 is 10.4 Å². The van der Waals surface area contributed by atoms with Crippen LogP contribution in [0.3, 0.4) is 0 Å². The molecule has 1 saturated carbocycles. The number of hydrogen-bond acceptors (Lipinski definition) is 2. The van der Waals surface area contributed by atoms with E-state index in [1.54, 1.807) is 0 Å². The van der Waals surface area contributed by atoms with Crippen LogP contribution in [0, 0.1) is 5.92 Å². The van der Waals surface area contributed by atoms with E-state index in [0.29, 0.717) is 18.6 Å². The molecule has 0 bridgehead atoms. The molecular weight excluding hydrogens is 102 g/mol. The van der Waals surface area contributed by atoms with Crippen molar-refractivity contribution < 1.29 is 5.11 Å². The van der Waals surface area contributed by atoms with Crippen molar-refractivity contribution in [1.29, 1.82) is 0 Å². The van der Waals surface area contributed by atoms with Crippen LogP contribution in [0.2, 0.25) is 0 Å². The molecule has 48 valence electrons. The Bertz CT molecular complexity index is 60.9. The van der Waals surface area contributed by atoms with Crippen molar-refractivity contribution in [2.24, 2.45) is 5.92 Å². The molecule has 0 amide bonds. The molecule has 0 unspecified atom stereocenters. The van der Waals surface area contributed by atoms with Crippen molar-refractivity contribution in [2.75, 3.05) is 13.7 Å². The summed E-state index contributed by atoms with van der Waals surface area (Å²) in [5, 5.41) is 11.7. The van der Waals surface area contributed by atoms with Gasteiger partial charge in [0.1, 0.15) is 0 Å². The summed E-state index contributed by atoms with van der Waals surface area (Å²) >= 11 is 0. The average Bonchev–Trinajstić information content (AvgIpc) is 1.65. The van der Waals surface area contributed by atoms with E-state index in [2.05, 4.69) is 5.32 Å². The lowest BCUT2D eigenvalue weighted by molar-refractivity contribution is 0.131. The zero-order valence-corrected chi connectivity index (χ0v) is 5.22. The third-order valence-corrected chi connectivity index (χ3v) is 1.90. The van der Waals surface area contributed by atoms with E-state index < -0.39 is 0 Å². The molecule has 8 heavy (non-hydrogen) atoms. The van der Waals surface area contributed by atoms with E-state index in [0.717, 1.165) is 12.8 Å². The first-order valence-corrected chi connectivity index (χ1v) is 3.15. The SMILES string of the molecule is CN[C@H]1C[C@@H](CO)C1. The van der Waals surface area contributed by atoms with Crippen LogP contribution < -0.4 is 5.32 Å². The van der Waals surface area contributed by atoms with Gasteiger partial charge in [-0.05, 0) is 25.8 Å². The van der Waals surface area contributed by atoms with Crippen molar-refractivity contribution in [2.45, 2.75) is 18.9 Å². The fourth-order valence-corrected chi connectivity index (χ4v) is 1.12. The van der Waals surface area contributed by atoms with Crippen LogP contribution in [0.25, 0.3) is 0 Å². The zero-order chi connectivity index (χ0) is 5.98. The van der Waals surface area contributed by atoms with Crippen LogP contribution in [0.4, 0.5) is 0 Å². The lowest BCUT2D eigenvalue weighted by Crippen LogP contribution is -2.40. The molecule has 0 aromatic carbocycles. The van der Waals surface area contributed by atoms with Crippen molar-refractivity contribution in [3.05, 3.63) is 0 Å². The monoisotopic (exact) mass is 115 g/mol. The Labute approximate surface area is 49.9 Å². The Morgan fingerprint density at radius 3 is 2.62 bits per heavy atom. The third kappa shape index (κ3) is 1.01. The summed E-state index contributed by atoms with van der Waals surface area (Å²) in [6.07, 6.45) is 2.32. The Hall–Kier alpha value is -0.0800. The highest BCUT2D eigenvalue weighted by Crippen LogP contribution is 2.25. The number of aliphatic hydroxyl groups excluding tert-OH is 1.